The minimum Gasteiger partial charge on any atom is -0.479 e. The molecule has 1 aromatic carbocycles. The third-order valence-electron chi connectivity index (χ3n) is 3.89. The van der Waals surface area contributed by atoms with Gasteiger partial charge < -0.3 is 10.0 Å². The number of aliphatic carboxylic acids is 1. The zero-order chi connectivity index (χ0) is 19.4. The quantitative estimate of drug-likeness (QED) is 0.782. The Morgan fingerprint density at radius 3 is 2.42 bits per heavy atom. The molecule has 2 rings (SSSR count). The second-order valence-electron chi connectivity index (χ2n) is 5.67. The summed E-state index contributed by atoms with van der Waals surface area (Å²) in [5, 5.41) is 10.1. The van der Waals surface area contributed by atoms with Gasteiger partial charge in [0.15, 0.2) is 6.04 Å². The summed E-state index contributed by atoms with van der Waals surface area (Å²) in [4.78, 5) is 51.0. The van der Waals surface area contributed by atoms with E-state index in [1.807, 2.05) is 0 Å². The monoisotopic (exact) mass is 379 g/mol. The number of aromatic nitrogens is 2. The van der Waals surface area contributed by atoms with Gasteiger partial charge in [-0.3, -0.25) is 19.1 Å². The van der Waals surface area contributed by atoms with Crippen LogP contribution in [0.25, 0.3) is 0 Å². The SMILES string of the molecule is CCN(C(=O)Cn1cc(C)c(=O)[nH]c1=O)C(C(=O)O)c1ccc(Cl)cc1. The Labute approximate surface area is 153 Å². The van der Waals surface area contributed by atoms with E-state index in [2.05, 4.69) is 4.98 Å². The smallest absolute Gasteiger partial charge is 0.331 e. The molecule has 1 atom stereocenters. The van der Waals surface area contributed by atoms with Crippen LogP contribution in [0.4, 0.5) is 0 Å². The number of amides is 1. The number of nitrogens with zero attached hydrogens (tertiary/aromatic N) is 2. The highest BCUT2D eigenvalue weighted by Gasteiger charge is 2.30. The maximum absolute atomic E-state index is 12.7. The number of aryl methyl sites for hydroxylation is 1. The van der Waals surface area contributed by atoms with Crippen molar-refractivity contribution >= 4 is 23.5 Å². The molecule has 1 amide bonds. The highest BCUT2D eigenvalue weighted by molar-refractivity contribution is 6.30. The Morgan fingerprint density at radius 1 is 1.27 bits per heavy atom. The zero-order valence-electron chi connectivity index (χ0n) is 14.2. The van der Waals surface area contributed by atoms with Gasteiger partial charge in [-0.15, -0.1) is 0 Å². The van der Waals surface area contributed by atoms with Crippen LogP contribution in [0.3, 0.4) is 0 Å². The van der Waals surface area contributed by atoms with Crippen LogP contribution in [-0.4, -0.2) is 38.0 Å². The summed E-state index contributed by atoms with van der Waals surface area (Å²) in [5.41, 5.74) is -0.603. The lowest BCUT2D eigenvalue weighted by molar-refractivity contribution is -0.150. The third kappa shape index (κ3) is 4.20. The number of carbonyl (C=O) groups is 2. The molecule has 2 N–H and O–H groups in total. The van der Waals surface area contributed by atoms with Gasteiger partial charge in [0, 0.05) is 23.3 Å². The molecule has 26 heavy (non-hydrogen) atoms. The van der Waals surface area contributed by atoms with Crippen molar-refractivity contribution in [2.75, 3.05) is 6.54 Å². The molecule has 0 aliphatic rings. The highest BCUT2D eigenvalue weighted by Crippen LogP contribution is 2.23. The van der Waals surface area contributed by atoms with Crippen molar-refractivity contribution in [3.8, 4) is 0 Å². The van der Waals surface area contributed by atoms with E-state index in [1.54, 1.807) is 19.1 Å². The van der Waals surface area contributed by atoms with Gasteiger partial charge in [-0.25, -0.2) is 9.59 Å². The molecule has 0 spiro atoms. The first-order chi connectivity index (χ1) is 12.2. The largest absolute Gasteiger partial charge is 0.479 e. The number of H-pyrrole nitrogens is 1. The number of carboxylic acid groups (broad SMARTS) is 1. The molecule has 138 valence electrons. The molecular formula is C17H18ClN3O5. The van der Waals surface area contributed by atoms with Crippen LogP contribution in [0.15, 0.2) is 40.1 Å². The van der Waals surface area contributed by atoms with Crippen LogP contribution in [-0.2, 0) is 16.1 Å². The van der Waals surface area contributed by atoms with Gasteiger partial charge in [0.1, 0.15) is 6.54 Å². The Balaban J connectivity index is 2.35. The van der Waals surface area contributed by atoms with Crippen molar-refractivity contribution in [2.45, 2.75) is 26.4 Å². The van der Waals surface area contributed by atoms with E-state index < -0.39 is 29.2 Å². The number of carbonyl (C=O) groups excluding carboxylic acids is 1. The normalized spacial score (nSPS) is 11.8. The average Bonchev–Trinajstić information content (AvgIpc) is 2.58. The molecule has 0 fully saturated rings. The first-order valence-corrected chi connectivity index (χ1v) is 8.20. The Hall–Kier alpha value is -2.87. The lowest BCUT2D eigenvalue weighted by Crippen LogP contribution is -2.43. The van der Waals surface area contributed by atoms with Gasteiger partial charge in [0.2, 0.25) is 5.91 Å². The number of rotatable bonds is 6. The van der Waals surface area contributed by atoms with Crippen molar-refractivity contribution in [3.63, 3.8) is 0 Å². The van der Waals surface area contributed by atoms with E-state index in [-0.39, 0.29) is 18.7 Å². The Bertz CT molecular complexity index is 933. The minimum absolute atomic E-state index is 0.121. The van der Waals surface area contributed by atoms with Crippen molar-refractivity contribution < 1.29 is 14.7 Å². The lowest BCUT2D eigenvalue weighted by atomic mass is 10.1. The fourth-order valence-electron chi connectivity index (χ4n) is 2.58. The topological polar surface area (TPSA) is 112 Å². The van der Waals surface area contributed by atoms with Crippen molar-refractivity contribution in [1.82, 2.24) is 14.5 Å². The number of halogens is 1. The van der Waals surface area contributed by atoms with Crippen LogP contribution in [0.2, 0.25) is 5.02 Å². The predicted molar refractivity (Wildman–Crippen MR) is 95.3 cm³/mol. The van der Waals surface area contributed by atoms with Crippen LogP contribution in [0, 0.1) is 6.92 Å². The molecule has 9 heteroatoms. The summed E-state index contributed by atoms with van der Waals surface area (Å²) in [7, 11) is 0. The van der Waals surface area contributed by atoms with E-state index in [9.17, 15) is 24.3 Å². The molecule has 1 heterocycles. The van der Waals surface area contributed by atoms with Gasteiger partial charge in [-0.05, 0) is 31.5 Å². The van der Waals surface area contributed by atoms with Crippen molar-refractivity contribution in [1.29, 1.82) is 0 Å². The number of likely N-dealkylation sites (N-methyl/N-ethyl adjacent to an activating group) is 1. The fourth-order valence-corrected chi connectivity index (χ4v) is 2.70. The Morgan fingerprint density at radius 2 is 1.88 bits per heavy atom. The van der Waals surface area contributed by atoms with Crippen LogP contribution < -0.4 is 11.2 Å². The molecule has 0 bridgehead atoms. The van der Waals surface area contributed by atoms with Gasteiger partial charge in [-0.1, -0.05) is 23.7 Å². The molecule has 2 aromatic rings. The standard InChI is InChI=1S/C17H18ClN3O5/c1-3-21(14(16(24)25)11-4-6-12(18)7-5-11)13(22)9-20-8-10(2)15(23)19-17(20)26/h4-8,14H,3,9H2,1-2H3,(H,24,25)(H,19,23,26). The van der Waals surface area contributed by atoms with Gasteiger partial charge in [0.05, 0.1) is 0 Å². The van der Waals surface area contributed by atoms with Crippen LogP contribution in [0.1, 0.15) is 24.1 Å². The summed E-state index contributed by atoms with van der Waals surface area (Å²) in [5.74, 6) is -1.77. The van der Waals surface area contributed by atoms with Crippen molar-refractivity contribution in [2.24, 2.45) is 0 Å². The van der Waals surface area contributed by atoms with Gasteiger partial charge in [0.25, 0.3) is 5.56 Å². The summed E-state index contributed by atoms with van der Waals surface area (Å²) in [6, 6.07) is 4.94. The lowest BCUT2D eigenvalue weighted by Gasteiger charge is -2.28. The molecule has 0 radical (unpaired) electrons. The van der Waals surface area contributed by atoms with E-state index in [0.29, 0.717) is 10.6 Å². The zero-order valence-corrected chi connectivity index (χ0v) is 15.0. The number of benzene rings is 1. The fraction of sp³-hybridized carbons (Fsp3) is 0.294. The number of hydrogen-bond acceptors (Lipinski definition) is 4. The second-order valence-corrected chi connectivity index (χ2v) is 6.11. The van der Waals surface area contributed by atoms with Gasteiger partial charge >= 0.3 is 11.7 Å². The maximum atomic E-state index is 12.7. The Kier molecular flexibility index (Phi) is 5.99. The molecule has 0 aliphatic heterocycles. The highest BCUT2D eigenvalue weighted by atomic mass is 35.5. The molecule has 1 aromatic heterocycles. The van der Waals surface area contributed by atoms with E-state index >= 15 is 0 Å². The van der Waals surface area contributed by atoms with Crippen molar-refractivity contribution in [3.05, 3.63) is 67.4 Å². The predicted octanol–water partition coefficient (Wildman–Crippen LogP) is 1.17. The summed E-state index contributed by atoms with van der Waals surface area (Å²) in [6.07, 6.45) is 1.27. The molecule has 0 saturated heterocycles. The molecular weight excluding hydrogens is 362 g/mol. The minimum atomic E-state index is -1.22. The van der Waals surface area contributed by atoms with E-state index in [1.165, 1.54) is 25.3 Å². The summed E-state index contributed by atoms with van der Waals surface area (Å²) in [6.45, 7) is 2.88. The number of nitrogens with one attached hydrogen (secondary N) is 1. The number of hydrogen-bond donors (Lipinski definition) is 2. The summed E-state index contributed by atoms with van der Waals surface area (Å²) >= 11 is 5.83. The first-order valence-electron chi connectivity index (χ1n) is 7.82. The first kappa shape index (κ1) is 19.5. The third-order valence-corrected chi connectivity index (χ3v) is 4.14. The second kappa shape index (κ2) is 8.01. The van der Waals surface area contributed by atoms with E-state index in [0.717, 1.165) is 9.47 Å². The summed E-state index contributed by atoms with van der Waals surface area (Å²) < 4.78 is 1.04. The average molecular weight is 380 g/mol. The number of carboxylic acids is 1. The van der Waals surface area contributed by atoms with Crippen LogP contribution >= 0.6 is 11.6 Å². The molecule has 8 nitrogen and oxygen atoms in total. The number of aromatic amines is 1. The molecule has 0 saturated carbocycles. The van der Waals surface area contributed by atoms with Gasteiger partial charge in [-0.2, -0.15) is 0 Å². The van der Waals surface area contributed by atoms with Crippen LogP contribution in [0.5, 0.6) is 0 Å². The molecule has 0 aliphatic carbocycles. The molecule has 1 unspecified atom stereocenters. The van der Waals surface area contributed by atoms with E-state index in [4.69, 9.17) is 11.6 Å². The maximum Gasteiger partial charge on any atom is 0.331 e.